The number of nitrogens with one attached hydrogen (secondary N) is 1. The minimum atomic E-state index is 0.0753. The van der Waals surface area contributed by atoms with Gasteiger partial charge in [-0.3, -0.25) is 4.79 Å². The molecule has 0 aliphatic rings. The summed E-state index contributed by atoms with van der Waals surface area (Å²) in [5, 5.41) is 4.03. The van der Waals surface area contributed by atoms with Gasteiger partial charge in [0.1, 0.15) is 5.03 Å². The number of amides is 1. The van der Waals surface area contributed by atoms with E-state index in [0.717, 1.165) is 16.3 Å². The second-order valence-corrected chi connectivity index (χ2v) is 7.15. The van der Waals surface area contributed by atoms with E-state index >= 15 is 0 Å². The van der Waals surface area contributed by atoms with Crippen LogP contribution >= 0.6 is 11.8 Å². The third-order valence-corrected chi connectivity index (χ3v) is 4.82. The second kappa shape index (κ2) is 8.88. The van der Waals surface area contributed by atoms with E-state index in [-0.39, 0.29) is 11.8 Å². The molecule has 2 rings (SSSR count). The molecular formula is C20H26N2OS. The van der Waals surface area contributed by atoms with Crippen LogP contribution in [0.5, 0.6) is 0 Å². The molecule has 0 saturated carbocycles. The predicted octanol–water partition coefficient (Wildman–Crippen LogP) is 4.74. The summed E-state index contributed by atoms with van der Waals surface area (Å²) in [6.45, 7) is 6.89. The number of thioether (sulfide) groups is 1. The van der Waals surface area contributed by atoms with Gasteiger partial charge in [0.25, 0.3) is 0 Å². The quantitative estimate of drug-likeness (QED) is 0.739. The number of hydrogen-bond donors (Lipinski definition) is 1. The Morgan fingerprint density at radius 3 is 2.46 bits per heavy atom. The van der Waals surface area contributed by atoms with Gasteiger partial charge in [0.2, 0.25) is 5.91 Å². The molecule has 1 aromatic heterocycles. The van der Waals surface area contributed by atoms with Crippen molar-refractivity contribution in [2.75, 3.05) is 6.26 Å². The Hall–Kier alpha value is -1.81. The highest BCUT2D eigenvalue weighted by atomic mass is 32.2. The maximum Gasteiger partial charge on any atom is 0.220 e. The van der Waals surface area contributed by atoms with Crippen molar-refractivity contribution in [3.8, 4) is 0 Å². The van der Waals surface area contributed by atoms with Gasteiger partial charge in [-0.2, -0.15) is 0 Å². The smallest absolute Gasteiger partial charge is 0.220 e. The van der Waals surface area contributed by atoms with Crippen molar-refractivity contribution in [2.24, 2.45) is 0 Å². The van der Waals surface area contributed by atoms with Crippen LogP contribution in [0.3, 0.4) is 0 Å². The summed E-state index contributed by atoms with van der Waals surface area (Å²) in [5.74, 6) is 0.699. The van der Waals surface area contributed by atoms with Crippen LogP contribution in [0.1, 0.15) is 55.8 Å². The summed E-state index contributed by atoms with van der Waals surface area (Å²) in [5.41, 5.74) is 3.36. The molecule has 128 valence electrons. The molecule has 1 aromatic carbocycles. The number of carbonyl (C=O) groups is 1. The van der Waals surface area contributed by atoms with Gasteiger partial charge in [0, 0.05) is 24.2 Å². The van der Waals surface area contributed by atoms with Gasteiger partial charge in [-0.1, -0.05) is 57.2 Å². The highest BCUT2D eigenvalue weighted by molar-refractivity contribution is 7.98. The van der Waals surface area contributed by atoms with Crippen molar-refractivity contribution in [1.29, 1.82) is 0 Å². The molecule has 24 heavy (non-hydrogen) atoms. The lowest BCUT2D eigenvalue weighted by atomic mass is 9.97. The molecule has 1 amide bonds. The Labute approximate surface area is 149 Å². The molecule has 1 N–H and O–H groups in total. The molecule has 2 aromatic rings. The zero-order valence-electron chi connectivity index (χ0n) is 14.9. The van der Waals surface area contributed by atoms with Crippen molar-refractivity contribution in [3.63, 3.8) is 0 Å². The molecule has 0 aliphatic carbocycles. The Morgan fingerprint density at radius 2 is 1.83 bits per heavy atom. The van der Waals surface area contributed by atoms with Gasteiger partial charge in [-0.25, -0.2) is 4.98 Å². The van der Waals surface area contributed by atoms with E-state index in [1.54, 1.807) is 11.8 Å². The van der Waals surface area contributed by atoms with Crippen molar-refractivity contribution < 1.29 is 4.79 Å². The molecule has 1 heterocycles. The molecule has 0 radical (unpaired) electrons. The average molecular weight is 343 g/mol. The summed E-state index contributed by atoms with van der Waals surface area (Å²) < 4.78 is 0. The van der Waals surface area contributed by atoms with Gasteiger partial charge in [-0.15, -0.1) is 11.8 Å². The van der Waals surface area contributed by atoms with Crippen molar-refractivity contribution in [1.82, 2.24) is 10.3 Å². The van der Waals surface area contributed by atoms with E-state index in [0.29, 0.717) is 18.9 Å². The second-order valence-electron chi connectivity index (χ2n) is 6.35. The first-order chi connectivity index (χ1) is 11.5. The van der Waals surface area contributed by atoms with Crippen LogP contribution in [-0.2, 0) is 11.3 Å². The predicted molar refractivity (Wildman–Crippen MR) is 101 cm³/mol. The standard InChI is InChI=1S/C20H26N2OS/c1-14(2)18-11-10-17(20(22-18)24-4)13-21-19(23)12-15(3)16-8-6-5-7-9-16/h5-11,14-15H,12-13H2,1-4H3,(H,21,23)/t15-/m0/s1. The summed E-state index contributed by atoms with van der Waals surface area (Å²) in [6, 6.07) is 14.3. The fourth-order valence-corrected chi connectivity index (χ4v) is 3.16. The summed E-state index contributed by atoms with van der Waals surface area (Å²) in [7, 11) is 0. The van der Waals surface area contributed by atoms with Crippen LogP contribution in [0, 0.1) is 0 Å². The van der Waals surface area contributed by atoms with Gasteiger partial charge in [-0.05, 0) is 29.7 Å². The third kappa shape index (κ3) is 5.10. The molecule has 0 unspecified atom stereocenters. The van der Waals surface area contributed by atoms with Gasteiger partial charge >= 0.3 is 0 Å². The van der Waals surface area contributed by atoms with Gasteiger partial charge in [0.05, 0.1) is 0 Å². The average Bonchev–Trinajstić information content (AvgIpc) is 2.60. The first-order valence-electron chi connectivity index (χ1n) is 8.36. The van der Waals surface area contributed by atoms with E-state index in [9.17, 15) is 4.79 Å². The van der Waals surface area contributed by atoms with Crippen LogP contribution in [0.4, 0.5) is 0 Å². The van der Waals surface area contributed by atoms with E-state index in [4.69, 9.17) is 0 Å². The highest BCUT2D eigenvalue weighted by Crippen LogP contribution is 2.22. The molecule has 0 aliphatic heterocycles. The van der Waals surface area contributed by atoms with E-state index < -0.39 is 0 Å². The lowest BCUT2D eigenvalue weighted by Crippen LogP contribution is -2.24. The Balaban J connectivity index is 1.94. The summed E-state index contributed by atoms with van der Waals surface area (Å²) in [6.07, 6.45) is 2.52. The van der Waals surface area contributed by atoms with Crippen LogP contribution in [0.25, 0.3) is 0 Å². The molecular weight excluding hydrogens is 316 g/mol. The number of rotatable bonds is 7. The SMILES string of the molecule is CSc1nc(C(C)C)ccc1CNC(=O)C[C@H](C)c1ccccc1. The number of nitrogens with zero attached hydrogens (tertiary/aromatic N) is 1. The largest absolute Gasteiger partial charge is 0.352 e. The Kier molecular flexibility index (Phi) is 6.85. The van der Waals surface area contributed by atoms with Crippen LogP contribution in [-0.4, -0.2) is 17.1 Å². The zero-order chi connectivity index (χ0) is 17.5. The summed E-state index contributed by atoms with van der Waals surface area (Å²) in [4.78, 5) is 16.9. The molecule has 0 fully saturated rings. The normalized spacial score (nSPS) is 12.2. The van der Waals surface area contributed by atoms with E-state index in [1.165, 1.54) is 5.56 Å². The Bertz CT molecular complexity index is 671. The maximum atomic E-state index is 12.2. The number of pyridine rings is 1. The Morgan fingerprint density at radius 1 is 1.12 bits per heavy atom. The van der Waals surface area contributed by atoms with Gasteiger partial charge in [0.15, 0.2) is 0 Å². The molecule has 0 saturated heterocycles. The topological polar surface area (TPSA) is 42.0 Å². The molecule has 0 spiro atoms. The number of hydrogen-bond acceptors (Lipinski definition) is 3. The monoisotopic (exact) mass is 342 g/mol. The lowest BCUT2D eigenvalue weighted by Gasteiger charge is -2.14. The van der Waals surface area contributed by atoms with Crippen molar-refractivity contribution in [2.45, 2.75) is 50.6 Å². The van der Waals surface area contributed by atoms with E-state index in [2.05, 4.69) is 55.3 Å². The van der Waals surface area contributed by atoms with E-state index in [1.807, 2.05) is 24.5 Å². The first-order valence-corrected chi connectivity index (χ1v) is 9.59. The molecule has 0 bridgehead atoms. The highest BCUT2D eigenvalue weighted by Gasteiger charge is 2.12. The first kappa shape index (κ1) is 18.5. The van der Waals surface area contributed by atoms with Crippen LogP contribution in [0.2, 0.25) is 0 Å². The minimum absolute atomic E-state index is 0.0753. The van der Waals surface area contributed by atoms with Crippen molar-refractivity contribution >= 4 is 17.7 Å². The third-order valence-electron chi connectivity index (χ3n) is 4.08. The van der Waals surface area contributed by atoms with Crippen LogP contribution < -0.4 is 5.32 Å². The molecule has 1 atom stereocenters. The van der Waals surface area contributed by atoms with Crippen LogP contribution in [0.15, 0.2) is 47.5 Å². The van der Waals surface area contributed by atoms with Gasteiger partial charge < -0.3 is 5.32 Å². The zero-order valence-corrected chi connectivity index (χ0v) is 15.7. The molecule has 3 nitrogen and oxygen atoms in total. The summed E-state index contributed by atoms with van der Waals surface area (Å²) >= 11 is 1.63. The maximum absolute atomic E-state index is 12.2. The fourth-order valence-electron chi connectivity index (χ4n) is 2.56. The van der Waals surface area contributed by atoms with Crippen molar-refractivity contribution in [3.05, 3.63) is 59.3 Å². The minimum Gasteiger partial charge on any atom is -0.352 e. The number of aromatic nitrogens is 1. The lowest BCUT2D eigenvalue weighted by molar-refractivity contribution is -0.121. The fraction of sp³-hybridized carbons (Fsp3) is 0.400. The molecule has 4 heteroatoms. The number of carbonyl (C=O) groups excluding carboxylic acids is 1. The number of benzene rings is 1.